The molecule has 3 heteroatoms. The lowest BCUT2D eigenvalue weighted by molar-refractivity contribution is -0.779. The van der Waals surface area contributed by atoms with Crippen molar-refractivity contribution in [2.45, 2.75) is 33.1 Å². The Balaban J connectivity index is 0.00000144. The topological polar surface area (TPSA) is 12.4 Å². The number of aliphatic imine (C=N–C) groups is 1. The van der Waals surface area contributed by atoms with E-state index < -0.39 is 0 Å². The Bertz CT molecular complexity index is 175. The molecule has 0 aromatic rings. The first-order valence-corrected chi connectivity index (χ1v) is 4.91. The van der Waals surface area contributed by atoms with Crippen molar-refractivity contribution in [2.75, 3.05) is 13.1 Å². The zero-order valence-corrected chi connectivity index (χ0v) is 10.1. The van der Waals surface area contributed by atoms with Gasteiger partial charge in [-0.1, -0.05) is 20.3 Å². The third kappa shape index (κ3) is 3.61. The second-order valence-electron chi connectivity index (χ2n) is 3.47. The fraction of sp³-hybridized carbons (Fsp3) is 0.700. The molecule has 2 nitrogen and oxygen atoms in total. The van der Waals surface area contributed by atoms with Gasteiger partial charge in [0.25, 0.3) is 0 Å². The van der Waals surface area contributed by atoms with Gasteiger partial charge in [-0.15, -0.1) is 0 Å². The van der Waals surface area contributed by atoms with E-state index in [-0.39, 0.29) is 17.0 Å². The van der Waals surface area contributed by atoms with Gasteiger partial charge in [0, 0.05) is 0 Å². The molecule has 0 spiro atoms. The highest BCUT2D eigenvalue weighted by atomic mass is 79.9. The van der Waals surface area contributed by atoms with E-state index in [1.165, 1.54) is 32.4 Å². The first kappa shape index (κ1) is 12.8. The molecule has 13 heavy (non-hydrogen) atoms. The van der Waals surface area contributed by atoms with Crippen molar-refractivity contribution in [3.05, 3.63) is 12.4 Å². The van der Waals surface area contributed by atoms with Crippen LogP contribution in [0, 0.1) is 0 Å². The Labute approximate surface area is 91.7 Å². The molecule has 0 saturated heterocycles. The summed E-state index contributed by atoms with van der Waals surface area (Å²) < 4.78 is 0.977. The zero-order chi connectivity index (χ0) is 8.86. The van der Waals surface area contributed by atoms with Gasteiger partial charge in [-0.05, 0) is 12.8 Å². The number of nitrogens with zero attached hydrogens (tertiary/aromatic N) is 2. The number of unbranched alkanes of at least 4 members (excludes halogenated alkanes) is 1. The van der Waals surface area contributed by atoms with Crippen LogP contribution in [-0.4, -0.2) is 23.9 Å². The second kappa shape index (κ2) is 6.33. The molecule has 1 heterocycles. The van der Waals surface area contributed by atoms with Crippen molar-refractivity contribution < 1.29 is 21.5 Å². The van der Waals surface area contributed by atoms with Gasteiger partial charge in [-0.25, -0.2) is 4.99 Å². The Kier molecular flexibility index (Phi) is 6.25. The lowest BCUT2D eigenvalue weighted by Crippen LogP contribution is -3.00. The molecule has 1 unspecified atom stereocenters. The van der Waals surface area contributed by atoms with Gasteiger partial charge in [-0.2, -0.15) is 0 Å². The third-order valence-corrected chi connectivity index (χ3v) is 2.31. The van der Waals surface area contributed by atoms with Crippen LogP contribution in [-0.2, 0) is 0 Å². The van der Waals surface area contributed by atoms with Crippen molar-refractivity contribution in [3.63, 3.8) is 0 Å². The molecule has 0 bridgehead atoms. The van der Waals surface area contributed by atoms with Crippen molar-refractivity contribution in [1.29, 1.82) is 0 Å². The standard InChI is InChI=1S/C10H19N2.BrH/c1-3-5-8-12(7-4-2)9-6-11-10-12;/h6,9-10H,3-5,7-8H2,1-2H3;1H/q+1;/p-1. The predicted octanol–water partition coefficient (Wildman–Crippen LogP) is -0.470. The van der Waals surface area contributed by atoms with Crippen LogP contribution >= 0.6 is 0 Å². The Hall–Kier alpha value is -0.150. The van der Waals surface area contributed by atoms with Crippen LogP contribution in [0.2, 0.25) is 0 Å². The minimum absolute atomic E-state index is 0. The average molecular weight is 247 g/mol. The van der Waals surface area contributed by atoms with Crippen molar-refractivity contribution in [1.82, 2.24) is 0 Å². The molecule has 1 atom stereocenters. The molecule has 0 aromatic heterocycles. The highest BCUT2D eigenvalue weighted by Gasteiger charge is 2.23. The molecule has 0 aliphatic carbocycles. The van der Waals surface area contributed by atoms with Crippen LogP contribution < -0.4 is 17.0 Å². The summed E-state index contributed by atoms with van der Waals surface area (Å²) in [6.45, 7) is 6.87. The summed E-state index contributed by atoms with van der Waals surface area (Å²) in [7, 11) is 0. The van der Waals surface area contributed by atoms with Crippen LogP contribution in [0.1, 0.15) is 33.1 Å². The van der Waals surface area contributed by atoms with Gasteiger partial charge >= 0.3 is 0 Å². The summed E-state index contributed by atoms with van der Waals surface area (Å²) in [6, 6.07) is 0. The Morgan fingerprint density at radius 3 is 2.38 bits per heavy atom. The van der Waals surface area contributed by atoms with E-state index in [4.69, 9.17) is 0 Å². The smallest absolute Gasteiger partial charge is 0.194 e. The van der Waals surface area contributed by atoms with E-state index >= 15 is 0 Å². The largest absolute Gasteiger partial charge is 1.00 e. The van der Waals surface area contributed by atoms with E-state index in [1.54, 1.807) is 0 Å². The third-order valence-electron chi connectivity index (χ3n) is 2.31. The van der Waals surface area contributed by atoms with Crippen molar-refractivity contribution in [2.24, 2.45) is 4.99 Å². The minimum atomic E-state index is 0. The molecule has 0 N–H and O–H groups in total. The molecule has 76 valence electrons. The number of halogens is 1. The van der Waals surface area contributed by atoms with E-state index in [9.17, 15) is 0 Å². The van der Waals surface area contributed by atoms with Crippen LogP contribution in [0.25, 0.3) is 0 Å². The molecule has 0 fully saturated rings. The maximum Gasteiger partial charge on any atom is 0.194 e. The van der Waals surface area contributed by atoms with E-state index in [0.717, 1.165) is 4.48 Å². The van der Waals surface area contributed by atoms with E-state index in [1.807, 2.05) is 6.20 Å². The van der Waals surface area contributed by atoms with E-state index in [0.29, 0.717) is 0 Å². The lowest BCUT2D eigenvalue weighted by Gasteiger charge is -2.26. The maximum absolute atomic E-state index is 4.18. The van der Waals surface area contributed by atoms with Crippen molar-refractivity contribution >= 4 is 6.34 Å². The van der Waals surface area contributed by atoms with Crippen LogP contribution in [0.5, 0.6) is 0 Å². The SMILES string of the molecule is CCCC[N+]1(CCC)C=CN=C1.[Br-]. The molecule has 0 radical (unpaired) electrons. The number of quaternary nitrogens is 1. The summed E-state index contributed by atoms with van der Waals surface area (Å²) in [5, 5.41) is 0. The molecular weight excluding hydrogens is 228 g/mol. The second-order valence-corrected chi connectivity index (χ2v) is 3.47. The van der Waals surface area contributed by atoms with Crippen molar-refractivity contribution in [3.8, 4) is 0 Å². The number of hydrogen-bond donors (Lipinski definition) is 0. The quantitative estimate of drug-likeness (QED) is 0.582. The summed E-state index contributed by atoms with van der Waals surface area (Å²) in [5.41, 5.74) is 0. The molecular formula is C10H19BrN2. The van der Waals surface area contributed by atoms with Gasteiger partial charge in [0.2, 0.25) is 0 Å². The summed E-state index contributed by atoms with van der Waals surface area (Å²) in [6.07, 6.45) is 9.98. The van der Waals surface area contributed by atoms with Crippen LogP contribution in [0.4, 0.5) is 0 Å². The zero-order valence-electron chi connectivity index (χ0n) is 8.54. The molecule has 0 aromatic carbocycles. The van der Waals surface area contributed by atoms with Crippen LogP contribution in [0.3, 0.4) is 0 Å². The summed E-state index contributed by atoms with van der Waals surface area (Å²) >= 11 is 0. The van der Waals surface area contributed by atoms with E-state index in [2.05, 4.69) is 31.4 Å². The monoisotopic (exact) mass is 246 g/mol. The Morgan fingerprint density at radius 2 is 1.92 bits per heavy atom. The average Bonchev–Trinajstić information content (AvgIpc) is 2.51. The van der Waals surface area contributed by atoms with Gasteiger partial charge in [0.1, 0.15) is 6.20 Å². The molecule has 0 saturated carbocycles. The van der Waals surface area contributed by atoms with Gasteiger partial charge in [0.05, 0.1) is 19.3 Å². The number of rotatable bonds is 5. The predicted molar refractivity (Wildman–Crippen MR) is 52.8 cm³/mol. The molecule has 1 rings (SSSR count). The first-order chi connectivity index (χ1) is 5.83. The fourth-order valence-corrected chi connectivity index (χ4v) is 1.63. The summed E-state index contributed by atoms with van der Waals surface area (Å²) in [5.74, 6) is 0. The van der Waals surface area contributed by atoms with Gasteiger partial charge in [-0.3, -0.25) is 4.48 Å². The minimum Gasteiger partial charge on any atom is -1.00 e. The molecule has 1 aliphatic rings. The maximum atomic E-state index is 4.18. The summed E-state index contributed by atoms with van der Waals surface area (Å²) in [4.78, 5) is 4.18. The number of hydrogen-bond acceptors (Lipinski definition) is 1. The highest BCUT2D eigenvalue weighted by molar-refractivity contribution is 5.50. The van der Waals surface area contributed by atoms with Gasteiger partial charge < -0.3 is 17.0 Å². The Morgan fingerprint density at radius 1 is 1.15 bits per heavy atom. The molecule has 1 aliphatic heterocycles. The fourth-order valence-electron chi connectivity index (χ4n) is 1.63. The highest BCUT2D eigenvalue weighted by Crippen LogP contribution is 2.13. The lowest BCUT2D eigenvalue weighted by atomic mass is 10.2. The van der Waals surface area contributed by atoms with Crippen LogP contribution in [0.15, 0.2) is 17.4 Å². The van der Waals surface area contributed by atoms with Gasteiger partial charge in [0.15, 0.2) is 6.34 Å². The normalized spacial score (nSPS) is 24.8. The first-order valence-electron chi connectivity index (χ1n) is 4.91. The molecule has 0 amide bonds.